The van der Waals surface area contributed by atoms with Crippen molar-refractivity contribution in [3.8, 4) is 17.5 Å². The highest BCUT2D eigenvalue weighted by molar-refractivity contribution is 6.09. The molecule has 1 amide bonds. The number of aryl methyl sites for hydroxylation is 1. The molecule has 1 atom stereocenters. The van der Waals surface area contributed by atoms with Crippen LogP contribution in [0.25, 0.3) is 27.4 Å². The molecule has 0 aliphatic carbocycles. The van der Waals surface area contributed by atoms with E-state index in [-0.39, 0.29) is 16.9 Å². The second-order valence-corrected chi connectivity index (χ2v) is 9.91. The Balaban J connectivity index is 1.48. The molecule has 0 saturated carbocycles. The second-order valence-electron chi connectivity index (χ2n) is 9.91. The number of carbonyl (C=O) groups excluding carboxylic acids is 1. The van der Waals surface area contributed by atoms with Gasteiger partial charge in [0.15, 0.2) is 0 Å². The Kier molecular flexibility index (Phi) is 6.91. The van der Waals surface area contributed by atoms with Crippen LogP contribution in [0, 0.1) is 18.8 Å². The summed E-state index contributed by atoms with van der Waals surface area (Å²) in [7, 11) is 0. The number of hydrogen-bond donors (Lipinski definition) is 2. The van der Waals surface area contributed by atoms with E-state index in [0.29, 0.717) is 38.6 Å². The molecule has 0 aliphatic heterocycles. The third kappa shape index (κ3) is 4.95. The van der Waals surface area contributed by atoms with E-state index in [1.807, 2.05) is 92.7 Å². The zero-order valence-corrected chi connectivity index (χ0v) is 23.0. The molecule has 0 unspecified atom stereocenters. The van der Waals surface area contributed by atoms with E-state index in [2.05, 4.69) is 32.1 Å². The number of benzene rings is 2. The number of nitrogens with two attached hydrogens (primary N) is 1. The average Bonchev–Trinajstić information content (AvgIpc) is 3.00. The number of nitrogens with zero attached hydrogens (tertiary/aromatic N) is 4. The van der Waals surface area contributed by atoms with Gasteiger partial charge in [-0.3, -0.25) is 24.1 Å². The first kappa shape index (κ1) is 26.4. The van der Waals surface area contributed by atoms with Crippen LogP contribution in [-0.4, -0.2) is 25.4 Å². The van der Waals surface area contributed by atoms with E-state index < -0.39 is 11.9 Å². The number of anilines is 1. The summed E-state index contributed by atoms with van der Waals surface area (Å²) in [5, 5.41) is 4.95. The standard InChI is InChI=1S/C34H26N6O2/c1-21-11-13-26-20-37-32(35)30(31(26)38-21)33(41)39-22(2)28-19-25-8-6-7-24(14-12-23-15-17-36-18-16-23)29(25)34(42)40(28)27-9-4-3-5-10-27/h3-11,13,15-20,22H,1-2H3,(H2,35,37)(H,39,41)/t22-/m0/s1. The van der Waals surface area contributed by atoms with E-state index in [1.54, 1.807) is 23.2 Å². The monoisotopic (exact) mass is 550 g/mol. The van der Waals surface area contributed by atoms with Crippen molar-refractivity contribution in [2.24, 2.45) is 0 Å². The van der Waals surface area contributed by atoms with E-state index >= 15 is 0 Å². The Morgan fingerprint density at radius 2 is 1.74 bits per heavy atom. The van der Waals surface area contributed by atoms with Gasteiger partial charge in [0, 0.05) is 52.2 Å². The molecule has 8 nitrogen and oxygen atoms in total. The van der Waals surface area contributed by atoms with Crippen molar-refractivity contribution in [2.45, 2.75) is 19.9 Å². The highest BCUT2D eigenvalue weighted by Gasteiger charge is 2.23. The SMILES string of the molecule is Cc1ccc2cnc(N)c(C(=O)N[C@@H](C)c3cc4cccc(C#Cc5ccncc5)c4c(=O)n3-c3ccccc3)c2n1. The molecule has 0 aliphatic rings. The predicted molar refractivity (Wildman–Crippen MR) is 164 cm³/mol. The molecule has 3 N–H and O–H groups in total. The van der Waals surface area contributed by atoms with Crippen LogP contribution in [0.15, 0.2) is 102 Å². The first-order valence-electron chi connectivity index (χ1n) is 13.4. The minimum Gasteiger partial charge on any atom is -0.383 e. The number of carbonyl (C=O) groups is 1. The Morgan fingerprint density at radius 3 is 2.52 bits per heavy atom. The quantitative estimate of drug-likeness (QED) is 0.295. The topological polar surface area (TPSA) is 116 Å². The van der Waals surface area contributed by atoms with Crippen molar-refractivity contribution >= 4 is 33.4 Å². The first-order chi connectivity index (χ1) is 20.4. The summed E-state index contributed by atoms with van der Waals surface area (Å²) in [6.07, 6.45) is 4.95. The lowest BCUT2D eigenvalue weighted by atomic mass is 10.0. The minimum absolute atomic E-state index is 0.0849. The van der Waals surface area contributed by atoms with Crippen LogP contribution < -0.4 is 16.6 Å². The summed E-state index contributed by atoms with van der Waals surface area (Å²) in [5.74, 6) is 5.95. The first-order valence-corrected chi connectivity index (χ1v) is 13.4. The van der Waals surface area contributed by atoms with Gasteiger partial charge >= 0.3 is 0 Å². The minimum atomic E-state index is -0.583. The van der Waals surface area contributed by atoms with Gasteiger partial charge in [0.1, 0.15) is 11.4 Å². The smallest absolute Gasteiger partial charge is 0.264 e. The van der Waals surface area contributed by atoms with Crippen LogP contribution in [0.2, 0.25) is 0 Å². The van der Waals surface area contributed by atoms with Crippen LogP contribution >= 0.6 is 0 Å². The highest BCUT2D eigenvalue weighted by Crippen LogP contribution is 2.25. The van der Waals surface area contributed by atoms with Gasteiger partial charge < -0.3 is 11.1 Å². The summed E-state index contributed by atoms with van der Waals surface area (Å²) in [4.78, 5) is 40.7. The maximum atomic E-state index is 14.2. The van der Waals surface area contributed by atoms with Gasteiger partial charge in [0.25, 0.3) is 11.5 Å². The lowest BCUT2D eigenvalue weighted by Gasteiger charge is -2.22. The van der Waals surface area contributed by atoms with E-state index in [9.17, 15) is 9.59 Å². The summed E-state index contributed by atoms with van der Waals surface area (Å²) in [6, 6.07) is 23.6. The van der Waals surface area contributed by atoms with Gasteiger partial charge in [-0.1, -0.05) is 42.2 Å². The number of pyridine rings is 4. The Hall–Kier alpha value is -5.81. The second kappa shape index (κ2) is 11.0. The van der Waals surface area contributed by atoms with Gasteiger partial charge in [-0.2, -0.15) is 0 Å². The van der Waals surface area contributed by atoms with Crippen molar-refractivity contribution in [1.29, 1.82) is 0 Å². The average molecular weight is 551 g/mol. The number of nitrogens with one attached hydrogen (secondary N) is 1. The summed E-state index contributed by atoms with van der Waals surface area (Å²) < 4.78 is 1.62. The van der Waals surface area contributed by atoms with E-state index in [4.69, 9.17) is 5.73 Å². The third-order valence-corrected chi connectivity index (χ3v) is 7.03. The van der Waals surface area contributed by atoms with Crippen LogP contribution in [-0.2, 0) is 0 Å². The number of fused-ring (bicyclic) bond motifs is 2. The molecule has 0 spiro atoms. The fourth-order valence-electron chi connectivity index (χ4n) is 4.99. The maximum absolute atomic E-state index is 14.2. The Labute approximate surface area is 241 Å². The Morgan fingerprint density at radius 1 is 0.952 bits per heavy atom. The predicted octanol–water partition coefficient (Wildman–Crippen LogP) is 5.11. The van der Waals surface area contributed by atoms with Crippen LogP contribution in [0.5, 0.6) is 0 Å². The molecule has 42 heavy (non-hydrogen) atoms. The number of nitrogen functional groups attached to an aromatic ring is 1. The lowest BCUT2D eigenvalue weighted by Crippen LogP contribution is -2.33. The molecule has 8 heteroatoms. The summed E-state index contributed by atoms with van der Waals surface area (Å²) >= 11 is 0. The van der Waals surface area contributed by atoms with E-state index in [0.717, 1.165) is 11.3 Å². The molecule has 0 radical (unpaired) electrons. The molecular weight excluding hydrogens is 524 g/mol. The highest BCUT2D eigenvalue weighted by atomic mass is 16.2. The van der Waals surface area contributed by atoms with Crippen molar-refractivity contribution in [3.05, 3.63) is 136 Å². The number of amides is 1. The van der Waals surface area contributed by atoms with Crippen LogP contribution in [0.3, 0.4) is 0 Å². The van der Waals surface area contributed by atoms with Gasteiger partial charge in [-0.05, 0) is 67.8 Å². The van der Waals surface area contributed by atoms with Crippen molar-refractivity contribution in [1.82, 2.24) is 24.8 Å². The maximum Gasteiger partial charge on any atom is 0.264 e. The molecule has 4 aromatic heterocycles. The van der Waals surface area contributed by atoms with E-state index in [1.165, 1.54) is 0 Å². The normalized spacial score (nSPS) is 11.6. The lowest BCUT2D eigenvalue weighted by molar-refractivity contribution is 0.0941. The van der Waals surface area contributed by atoms with Gasteiger partial charge in [0.2, 0.25) is 0 Å². The third-order valence-electron chi connectivity index (χ3n) is 7.03. The van der Waals surface area contributed by atoms with Crippen molar-refractivity contribution < 1.29 is 4.79 Å². The molecule has 0 bridgehead atoms. The zero-order valence-electron chi connectivity index (χ0n) is 23.0. The molecule has 4 heterocycles. The molecule has 6 rings (SSSR count). The Bertz CT molecular complexity index is 2090. The summed E-state index contributed by atoms with van der Waals surface area (Å²) in [5.41, 5.74) is 10.0. The fraction of sp³-hybridized carbons (Fsp3) is 0.0882. The van der Waals surface area contributed by atoms with Crippen molar-refractivity contribution in [2.75, 3.05) is 5.73 Å². The van der Waals surface area contributed by atoms with Gasteiger partial charge in [0.05, 0.1) is 16.9 Å². The largest absolute Gasteiger partial charge is 0.383 e. The van der Waals surface area contributed by atoms with Crippen LogP contribution in [0.4, 0.5) is 5.82 Å². The number of para-hydroxylation sites is 1. The fourth-order valence-corrected chi connectivity index (χ4v) is 4.99. The molecule has 204 valence electrons. The molecule has 6 aromatic rings. The van der Waals surface area contributed by atoms with Gasteiger partial charge in [-0.25, -0.2) is 4.98 Å². The zero-order chi connectivity index (χ0) is 29.2. The summed E-state index contributed by atoms with van der Waals surface area (Å²) in [6.45, 7) is 3.68. The molecule has 0 fully saturated rings. The number of rotatable bonds is 4. The van der Waals surface area contributed by atoms with Crippen LogP contribution in [0.1, 0.15) is 45.8 Å². The van der Waals surface area contributed by atoms with Crippen molar-refractivity contribution in [3.63, 3.8) is 0 Å². The molecule has 2 aromatic carbocycles. The van der Waals surface area contributed by atoms with Gasteiger partial charge in [-0.15, -0.1) is 0 Å². The number of aromatic nitrogens is 4. The number of hydrogen-bond acceptors (Lipinski definition) is 6. The molecular formula is C34H26N6O2. The molecule has 0 saturated heterocycles.